The zero-order valence-electron chi connectivity index (χ0n) is 31.1. The molecular formula is C54H37N. The number of aromatic nitrogens is 1. The lowest BCUT2D eigenvalue weighted by atomic mass is 9.81. The van der Waals surface area contributed by atoms with Gasteiger partial charge in [-0.25, -0.2) is 0 Å². The molecule has 0 radical (unpaired) electrons. The van der Waals surface area contributed by atoms with Crippen LogP contribution in [0.2, 0.25) is 0 Å². The second-order valence-electron chi connectivity index (χ2n) is 16.5. The Morgan fingerprint density at radius 1 is 0.345 bits per heavy atom. The Morgan fingerprint density at radius 2 is 0.855 bits per heavy atom. The molecule has 1 nitrogen and oxygen atoms in total. The number of hydrogen-bond donors (Lipinski definition) is 0. The third kappa shape index (κ3) is 4.30. The third-order valence-corrected chi connectivity index (χ3v) is 12.4. The van der Waals surface area contributed by atoms with E-state index in [2.05, 4.69) is 195 Å². The monoisotopic (exact) mass is 699 g/mol. The summed E-state index contributed by atoms with van der Waals surface area (Å²) in [4.78, 5) is 0. The molecule has 0 spiro atoms. The van der Waals surface area contributed by atoms with E-state index >= 15 is 0 Å². The second kappa shape index (κ2) is 10.9. The van der Waals surface area contributed by atoms with Gasteiger partial charge in [-0.3, -0.25) is 0 Å². The van der Waals surface area contributed by atoms with E-state index in [9.17, 15) is 0 Å². The average Bonchev–Trinajstić information content (AvgIpc) is 3.56. The fourth-order valence-electron chi connectivity index (χ4n) is 9.77. The maximum absolute atomic E-state index is 2.48. The van der Waals surface area contributed by atoms with Gasteiger partial charge >= 0.3 is 0 Å². The Morgan fingerprint density at radius 3 is 1.49 bits per heavy atom. The summed E-state index contributed by atoms with van der Waals surface area (Å²) in [6, 6.07) is 64.1. The summed E-state index contributed by atoms with van der Waals surface area (Å²) in [6.07, 6.45) is 0. The van der Waals surface area contributed by atoms with E-state index < -0.39 is 0 Å². The highest BCUT2D eigenvalue weighted by Gasteiger charge is 2.22. The van der Waals surface area contributed by atoms with Crippen LogP contribution < -0.4 is 0 Å². The number of hydrogen-bond acceptors (Lipinski definition) is 0. The van der Waals surface area contributed by atoms with Crippen molar-refractivity contribution in [2.75, 3.05) is 0 Å². The molecule has 258 valence electrons. The van der Waals surface area contributed by atoms with E-state index in [1.165, 1.54) is 120 Å². The molecule has 11 aromatic carbocycles. The molecule has 55 heavy (non-hydrogen) atoms. The maximum Gasteiger partial charge on any atom is 0.0541 e. The SMILES string of the molecule is CC(C)(C)c1cc2ccc3c(-c4ccc(-n5c6ccccc6c6ccccc65)cc4)cc(-c4ccc5ccc6cccc7ccc4c5c67)c4ccc(c1)c2c34. The number of nitrogens with zero attached hydrogens (tertiary/aromatic N) is 1. The molecular weight excluding hydrogens is 663 g/mol. The summed E-state index contributed by atoms with van der Waals surface area (Å²) in [5, 5.41) is 18.4. The second-order valence-corrected chi connectivity index (χ2v) is 16.5. The topological polar surface area (TPSA) is 4.93 Å². The van der Waals surface area contributed by atoms with E-state index in [0.29, 0.717) is 0 Å². The molecule has 0 atom stereocenters. The fourth-order valence-corrected chi connectivity index (χ4v) is 9.77. The molecule has 12 rings (SSSR count). The Balaban J connectivity index is 1.15. The van der Waals surface area contributed by atoms with Gasteiger partial charge in [-0.2, -0.15) is 0 Å². The number of para-hydroxylation sites is 2. The van der Waals surface area contributed by atoms with Crippen molar-refractivity contribution in [3.8, 4) is 27.9 Å². The smallest absolute Gasteiger partial charge is 0.0541 e. The van der Waals surface area contributed by atoms with Gasteiger partial charge in [0.25, 0.3) is 0 Å². The summed E-state index contributed by atoms with van der Waals surface area (Å²) in [7, 11) is 0. The Labute approximate surface area is 319 Å². The quantitative estimate of drug-likeness (QED) is 0.162. The van der Waals surface area contributed by atoms with Crippen LogP contribution in [0.1, 0.15) is 26.3 Å². The molecule has 0 saturated carbocycles. The largest absolute Gasteiger partial charge is 0.309 e. The highest BCUT2D eigenvalue weighted by Crippen LogP contribution is 2.48. The first-order chi connectivity index (χ1) is 26.9. The minimum absolute atomic E-state index is 0.0562. The van der Waals surface area contributed by atoms with Gasteiger partial charge < -0.3 is 4.57 Å². The van der Waals surface area contributed by atoms with E-state index in [-0.39, 0.29) is 5.41 Å². The van der Waals surface area contributed by atoms with E-state index in [4.69, 9.17) is 0 Å². The van der Waals surface area contributed by atoms with Crippen LogP contribution in [0.3, 0.4) is 0 Å². The number of rotatable bonds is 3. The van der Waals surface area contributed by atoms with Crippen LogP contribution >= 0.6 is 0 Å². The molecule has 1 aromatic heterocycles. The molecule has 0 N–H and O–H groups in total. The van der Waals surface area contributed by atoms with Gasteiger partial charge in [0.1, 0.15) is 0 Å². The van der Waals surface area contributed by atoms with Crippen LogP contribution in [0.5, 0.6) is 0 Å². The van der Waals surface area contributed by atoms with Gasteiger partial charge in [-0.05, 0) is 128 Å². The van der Waals surface area contributed by atoms with Crippen LogP contribution in [0.25, 0.3) is 114 Å². The molecule has 1 heterocycles. The van der Waals surface area contributed by atoms with Gasteiger partial charge in [-0.1, -0.05) is 160 Å². The first kappa shape index (κ1) is 30.7. The van der Waals surface area contributed by atoms with Gasteiger partial charge in [0.2, 0.25) is 0 Å². The van der Waals surface area contributed by atoms with E-state index in [0.717, 1.165) is 0 Å². The van der Waals surface area contributed by atoms with Crippen molar-refractivity contribution in [2.24, 2.45) is 0 Å². The van der Waals surface area contributed by atoms with Crippen molar-refractivity contribution < 1.29 is 0 Å². The summed E-state index contributed by atoms with van der Waals surface area (Å²) >= 11 is 0. The third-order valence-electron chi connectivity index (χ3n) is 12.4. The lowest BCUT2D eigenvalue weighted by Crippen LogP contribution is -2.10. The minimum Gasteiger partial charge on any atom is -0.309 e. The molecule has 12 aromatic rings. The van der Waals surface area contributed by atoms with Gasteiger partial charge in [0.15, 0.2) is 0 Å². The van der Waals surface area contributed by atoms with E-state index in [1.54, 1.807) is 0 Å². The number of fused-ring (bicyclic) bond motifs is 3. The Hall–Kier alpha value is -6.70. The Bertz CT molecular complexity index is 3410. The highest BCUT2D eigenvalue weighted by molar-refractivity contribution is 6.31. The lowest BCUT2D eigenvalue weighted by molar-refractivity contribution is 0.591. The molecule has 0 bridgehead atoms. The Kier molecular flexibility index (Phi) is 6.11. The van der Waals surface area contributed by atoms with Crippen molar-refractivity contribution in [3.05, 3.63) is 175 Å². The first-order valence-corrected chi connectivity index (χ1v) is 19.4. The molecule has 0 aliphatic heterocycles. The minimum atomic E-state index is 0.0562. The van der Waals surface area contributed by atoms with Crippen LogP contribution in [0.4, 0.5) is 0 Å². The maximum atomic E-state index is 2.48. The molecule has 0 fully saturated rings. The highest BCUT2D eigenvalue weighted by atomic mass is 15.0. The molecule has 1 heteroatoms. The van der Waals surface area contributed by atoms with Gasteiger partial charge in [-0.15, -0.1) is 0 Å². The predicted octanol–water partition coefficient (Wildman–Crippen LogP) is 15.2. The number of benzene rings is 11. The normalized spacial score (nSPS) is 12.6. The van der Waals surface area contributed by atoms with Crippen molar-refractivity contribution >= 4 is 86.4 Å². The van der Waals surface area contributed by atoms with Crippen LogP contribution in [0, 0.1) is 0 Å². The summed E-state index contributed by atoms with van der Waals surface area (Å²) in [6.45, 7) is 6.94. The van der Waals surface area contributed by atoms with E-state index in [1.807, 2.05) is 0 Å². The zero-order chi connectivity index (χ0) is 36.6. The standard InChI is InChI=1S/C54H37N/c1-54(2,3)38-29-36-21-27-44-46(32-17-23-39(24-18-32)55-48-13-6-4-11-41(48)42-12-5-7-14-49(42)55)31-47(45-28-22-37(30-38)51(36)53(44)45)40-25-19-35-16-15-33-9-8-10-34-20-26-43(40)52(35)50(33)34/h4-31H,1-3H3. The van der Waals surface area contributed by atoms with Gasteiger partial charge in [0.05, 0.1) is 11.0 Å². The molecule has 0 aliphatic carbocycles. The van der Waals surface area contributed by atoms with Crippen molar-refractivity contribution in [1.82, 2.24) is 4.57 Å². The average molecular weight is 700 g/mol. The molecule has 0 amide bonds. The summed E-state index contributed by atoms with van der Waals surface area (Å²) in [5.74, 6) is 0. The van der Waals surface area contributed by atoms with Crippen LogP contribution in [-0.4, -0.2) is 4.57 Å². The fraction of sp³-hybridized carbons (Fsp3) is 0.0741. The zero-order valence-corrected chi connectivity index (χ0v) is 31.1. The van der Waals surface area contributed by atoms with Crippen molar-refractivity contribution in [3.63, 3.8) is 0 Å². The molecule has 0 aliphatic rings. The first-order valence-electron chi connectivity index (χ1n) is 19.4. The van der Waals surface area contributed by atoms with Crippen molar-refractivity contribution in [2.45, 2.75) is 26.2 Å². The molecule has 0 unspecified atom stereocenters. The van der Waals surface area contributed by atoms with Gasteiger partial charge in [0, 0.05) is 16.5 Å². The van der Waals surface area contributed by atoms with Crippen LogP contribution in [-0.2, 0) is 5.41 Å². The van der Waals surface area contributed by atoms with Crippen LogP contribution in [0.15, 0.2) is 170 Å². The molecule has 0 saturated heterocycles. The summed E-state index contributed by atoms with van der Waals surface area (Å²) in [5.41, 5.74) is 10.1. The lowest BCUT2D eigenvalue weighted by Gasteiger charge is -2.23. The summed E-state index contributed by atoms with van der Waals surface area (Å²) < 4.78 is 2.40. The predicted molar refractivity (Wildman–Crippen MR) is 238 cm³/mol. The van der Waals surface area contributed by atoms with Crippen molar-refractivity contribution in [1.29, 1.82) is 0 Å².